The van der Waals surface area contributed by atoms with Crippen molar-refractivity contribution in [3.63, 3.8) is 0 Å². The highest BCUT2D eigenvalue weighted by Gasteiger charge is 2.29. The van der Waals surface area contributed by atoms with Crippen LogP contribution in [0.15, 0.2) is 30.6 Å². The van der Waals surface area contributed by atoms with Gasteiger partial charge in [-0.1, -0.05) is 12.1 Å². The first-order chi connectivity index (χ1) is 10.5. The number of benzene rings is 1. The molecular formula is C16H20N4O2. The van der Waals surface area contributed by atoms with E-state index >= 15 is 0 Å². The van der Waals surface area contributed by atoms with E-state index in [9.17, 15) is 10.1 Å². The van der Waals surface area contributed by atoms with E-state index in [0.717, 1.165) is 37.2 Å². The smallest absolute Gasteiger partial charge is 0.292 e. The summed E-state index contributed by atoms with van der Waals surface area (Å²) in [5.74, 6) is 0.517. The van der Waals surface area contributed by atoms with Crippen molar-refractivity contribution in [1.29, 1.82) is 0 Å². The Morgan fingerprint density at radius 3 is 2.95 bits per heavy atom. The lowest BCUT2D eigenvalue weighted by Crippen LogP contribution is -2.22. The Morgan fingerprint density at radius 2 is 2.27 bits per heavy atom. The van der Waals surface area contributed by atoms with Crippen LogP contribution in [0.3, 0.4) is 0 Å². The molecule has 1 aromatic heterocycles. The van der Waals surface area contributed by atoms with Crippen molar-refractivity contribution in [2.24, 2.45) is 13.0 Å². The average molecular weight is 300 g/mol. The second-order valence-corrected chi connectivity index (χ2v) is 6.03. The number of nitrogens with zero attached hydrogens (tertiary/aromatic N) is 4. The molecule has 3 rings (SSSR count). The van der Waals surface area contributed by atoms with Crippen LogP contribution in [0.4, 0.5) is 11.4 Å². The SMILES string of the molecule is Cc1cccc([N+](=O)[O-])c1N1CCC(Cc2cnn(C)c2)C1. The van der Waals surface area contributed by atoms with Crippen LogP contribution in [-0.2, 0) is 13.5 Å². The van der Waals surface area contributed by atoms with Gasteiger partial charge in [-0.15, -0.1) is 0 Å². The summed E-state index contributed by atoms with van der Waals surface area (Å²) in [6.07, 6.45) is 5.97. The summed E-state index contributed by atoms with van der Waals surface area (Å²) >= 11 is 0. The van der Waals surface area contributed by atoms with Gasteiger partial charge < -0.3 is 4.90 Å². The molecule has 1 aliphatic rings. The molecule has 1 atom stereocenters. The van der Waals surface area contributed by atoms with Crippen LogP contribution in [0, 0.1) is 23.0 Å². The number of hydrogen-bond acceptors (Lipinski definition) is 4. The van der Waals surface area contributed by atoms with Crippen LogP contribution in [0.2, 0.25) is 0 Å². The van der Waals surface area contributed by atoms with E-state index < -0.39 is 0 Å². The molecule has 2 heterocycles. The molecule has 0 saturated carbocycles. The minimum absolute atomic E-state index is 0.210. The molecule has 0 N–H and O–H groups in total. The van der Waals surface area contributed by atoms with Gasteiger partial charge in [0.05, 0.1) is 11.1 Å². The van der Waals surface area contributed by atoms with Gasteiger partial charge in [0.25, 0.3) is 5.69 Å². The van der Waals surface area contributed by atoms with E-state index in [1.54, 1.807) is 12.1 Å². The zero-order valence-corrected chi connectivity index (χ0v) is 12.9. The fourth-order valence-corrected chi connectivity index (χ4v) is 3.32. The van der Waals surface area contributed by atoms with Crippen LogP contribution >= 0.6 is 0 Å². The maximum atomic E-state index is 11.3. The second kappa shape index (κ2) is 5.79. The van der Waals surface area contributed by atoms with Gasteiger partial charge in [0.1, 0.15) is 5.69 Å². The normalized spacial score (nSPS) is 17.9. The van der Waals surface area contributed by atoms with Gasteiger partial charge in [-0.05, 0) is 36.8 Å². The van der Waals surface area contributed by atoms with Gasteiger partial charge in [0.2, 0.25) is 0 Å². The molecule has 0 radical (unpaired) electrons. The minimum atomic E-state index is -0.281. The second-order valence-electron chi connectivity index (χ2n) is 6.03. The molecule has 1 fully saturated rings. The number of para-hydroxylation sites is 1. The molecule has 1 saturated heterocycles. The Kier molecular flexibility index (Phi) is 3.83. The molecule has 2 aromatic rings. The van der Waals surface area contributed by atoms with Crippen LogP contribution in [-0.4, -0.2) is 27.8 Å². The number of hydrogen-bond donors (Lipinski definition) is 0. The highest BCUT2D eigenvalue weighted by atomic mass is 16.6. The molecule has 0 spiro atoms. The van der Waals surface area contributed by atoms with Crippen LogP contribution in [0.1, 0.15) is 17.5 Å². The number of nitro benzene ring substituents is 1. The topological polar surface area (TPSA) is 64.2 Å². The molecule has 0 aliphatic carbocycles. The van der Waals surface area contributed by atoms with Gasteiger partial charge in [-0.3, -0.25) is 14.8 Å². The molecule has 1 aromatic carbocycles. The van der Waals surface area contributed by atoms with Crippen molar-refractivity contribution in [1.82, 2.24) is 9.78 Å². The lowest BCUT2D eigenvalue weighted by molar-refractivity contribution is -0.384. The standard InChI is InChI=1S/C16H20N4O2/c1-12-4-3-5-15(20(21)22)16(12)19-7-6-13(11-19)8-14-9-17-18(2)10-14/h3-5,9-10,13H,6-8,11H2,1-2H3. The average Bonchev–Trinajstić information content (AvgIpc) is 3.08. The number of aromatic nitrogens is 2. The Balaban J connectivity index is 1.77. The summed E-state index contributed by atoms with van der Waals surface area (Å²) in [5, 5.41) is 15.5. The molecule has 0 amide bonds. The van der Waals surface area contributed by atoms with Crippen molar-refractivity contribution < 1.29 is 4.92 Å². The molecule has 6 nitrogen and oxygen atoms in total. The van der Waals surface area contributed by atoms with Crippen molar-refractivity contribution >= 4 is 11.4 Å². The third kappa shape index (κ3) is 2.81. The van der Waals surface area contributed by atoms with E-state index in [4.69, 9.17) is 0 Å². The monoisotopic (exact) mass is 300 g/mol. The number of nitro groups is 1. The van der Waals surface area contributed by atoms with Crippen LogP contribution in [0.25, 0.3) is 0 Å². The van der Waals surface area contributed by atoms with E-state index in [1.165, 1.54) is 5.56 Å². The Morgan fingerprint density at radius 1 is 1.45 bits per heavy atom. The first kappa shape index (κ1) is 14.6. The van der Waals surface area contributed by atoms with Gasteiger partial charge in [0.15, 0.2) is 0 Å². The third-order valence-electron chi connectivity index (χ3n) is 4.30. The van der Waals surface area contributed by atoms with Gasteiger partial charge in [-0.2, -0.15) is 5.10 Å². The van der Waals surface area contributed by atoms with Gasteiger partial charge in [-0.25, -0.2) is 0 Å². The van der Waals surface area contributed by atoms with Crippen LogP contribution in [0.5, 0.6) is 0 Å². The largest absolute Gasteiger partial charge is 0.365 e. The predicted octanol–water partition coefficient (Wildman–Crippen LogP) is 2.71. The zero-order valence-electron chi connectivity index (χ0n) is 12.9. The Bertz CT molecular complexity index is 695. The summed E-state index contributed by atoms with van der Waals surface area (Å²) in [6, 6.07) is 5.29. The summed E-state index contributed by atoms with van der Waals surface area (Å²) in [6.45, 7) is 3.67. The first-order valence-corrected chi connectivity index (χ1v) is 7.51. The zero-order chi connectivity index (χ0) is 15.7. The number of aryl methyl sites for hydroxylation is 2. The molecular weight excluding hydrogens is 280 g/mol. The molecule has 0 bridgehead atoms. The lowest BCUT2D eigenvalue weighted by Gasteiger charge is -2.20. The van der Waals surface area contributed by atoms with E-state index in [0.29, 0.717) is 5.92 Å². The summed E-state index contributed by atoms with van der Waals surface area (Å²) in [7, 11) is 1.92. The highest BCUT2D eigenvalue weighted by molar-refractivity contribution is 5.68. The fraction of sp³-hybridized carbons (Fsp3) is 0.438. The highest BCUT2D eigenvalue weighted by Crippen LogP contribution is 2.35. The molecule has 116 valence electrons. The predicted molar refractivity (Wildman–Crippen MR) is 85.1 cm³/mol. The van der Waals surface area contributed by atoms with E-state index in [1.807, 2.05) is 37.1 Å². The lowest BCUT2D eigenvalue weighted by atomic mass is 10.0. The van der Waals surface area contributed by atoms with E-state index in [2.05, 4.69) is 10.00 Å². The van der Waals surface area contributed by atoms with E-state index in [-0.39, 0.29) is 10.6 Å². The quantitative estimate of drug-likeness (QED) is 0.643. The van der Waals surface area contributed by atoms with Crippen LogP contribution < -0.4 is 4.90 Å². The van der Waals surface area contributed by atoms with Crippen molar-refractivity contribution in [2.45, 2.75) is 19.8 Å². The van der Waals surface area contributed by atoms with Crippen molar-refractivity contribution in [3.8, 4) is 0 Å². The molecule has 6 heteroatoms. The van der Waals surface area contributed by atoms with Crippen molar-refractivity contribution in [3.05, 3.63) is 51.8 Å². The number of rotatable bonds is 4. The van der Waals surface area contributed by atoms with Gasteiger partial charge >= 0.3 is 0 Å². The number of anilines is 1. The maximum Gasteiger partial charge on any atom is 0.292 e. The minimum Gasteiger partial charge on any atom is -0.365 e. The molecule has 1 aliphatic heterocycles. The Hall–Kier alpha value is -2.37. The fourth-order valence-electron chi connectivity index (χ4n) is 3.32. The van der Waals surface area contributed by atoms with Gasteiger partial charge in [0, 0.05) is 32.4 Å². The van der Waals surface area contributed by atoms with Crippen molar-refractivity contribution in [2.75, 3.05) is 18.0 Å². The molecule has 1 unspecified atom stereocenters. The summed E-state index contributed by atoms with van der Waals surface area (Å²) in [4.78, 5) is 13.2. The maximum absolute atomic E-state index is 11.3. The summed E-state index contributed by atoms with van der Waals surface area (Å²) in [5.41, 5.74) is 3.19. The molecule has 22 heavy (non-hydrogen) atoms. The summed E-state index contributed by atoms with van der Waals surface area (Å²) < 4.78 is 1.81. The Labute approximate surface area is 129 Å². The first-order valence-electron chi connectivity index (χ1n) is 7.51. The third-order valence-corrected chi connectivity index (χ3v) is 4.30.